The number of rotatable bonds is 10. The Morgan fingerprint density at radius 2 is 1.88 bits per heavy atom. The third-order valence-electron chi connectivity index (χ3n) is 9.97. The number of hydrogen-bond donors (Lipinski definition) is 2. The van der Waals surface area contributed by atoms with Gasteiger partial charge in [-0.3, -0.25) is 4.79 Å². The number of urea groups is 1. The molecular formula is C28H30F8N8O4. The summed E-state index contributed by atoms with van der Waals surface area (Å²) in [6, 6.07) is -2.58. The highest BCUT2D eigenvalue weighted by Crippen LogP contribution is 2.72. The van der Waals surface area contributed by atoms with Gasteiger partial charge in [0.05, 0.1) is 42.8 Å². The summed E-state index contributed by atoms with van der Waals surface area (Å²) in [5, 5.41) is 15.9. The van der Waals surface area contributed by atoms with E-state index in [1.54, 1.807) is 13.8 Å². The highest BCUT2D eigenvalue weighted by molar-refractivity contribution is 5.93. The molecule has 0 bridgehead atoms. The second-order valence-corrected chi connectivity index (χ2v) is 13.0. The molecule has 6 atom stereocenters. The second kappa shape index (κ2) is 11.2. The third kappa shape index (κ3) is 5.80. The summed E-state index contributed by atoms with van der Waals surface area (Å²) in [6.45, 7) is 2.38. The van der Waals surface area contributed by atoms with Gasteiger partial charge < -0.3 is 20.3 Å². The number of nitrogens with one attached hydrogen (secondary N) is 2. The number of alkyl halides is 8. The molecule has 48 heavy (non-hydrogen) atoms. The minimum absolute atomic E-state index is 0.0215. The van der Waals surface area contributed by atoms with Crippen molar-refractivity contribution in [1.29, 1.82) is 0 Å². The van der Waals surface area contributed by atoms with Crippen LogP contribution in [0.25, 0.3) is 5.65 Å². The van der Waals surface area contributed by atoms with Crippen molar-refractivity contribution in [3.63, 3.8) is 0 Å². The minimum Gasteiger partial charge on any atom is -0.382 e. The van der Waals surface area contributed by atoms with Gasteiger partial charge in [0.2, 0.25) is 0 Å². The average Bonchev–Trinajstić information content (AvgIpc) is 3.65. The maximum absolute atomic E-state index is 14.3. The van der Waals surface area contributed by atoms with Gasteiger partial charge in [-0.1, -0.05) is 12.1 Å². The van der Waals surface area contributed by atoms with Gasteiger partial charge in [-0.05, 0) is 36.4 Å². The molecule has 262 valence electrons. The van der Waals surface area contributed by atoms with E-state index in [2.05, 4.69) is 30.3 Å². The average molecular weight is 695 g/mol. The predicted octanol–water partition coefficient (Wildman–Crippen LogP) is 4.58. The molecule has 3 aromatic heterocycles. The molecule has 3 fully saturated rings. The van der Waals surface area contributed by atoms with Crippen molar-refractivity contribution in [1.82, 2.24) is 40.4 Å². The van der Waals surface area contributed by atoms with Crippen LogP contribution in [0, 0.1) is 17.3 Å². The van der Waals surface area contributed by atoms with Crippen LogP contribution in [0.1, 0.15) is 66.6 Å². The molecule has 6 rings (SSSR count). The van der Waals surface area contributed by atoms with Crippen LogP contribution in [0.5, 0.6) is 0 Å². The first-order chi connectivity index (χ1) is 22.3. The lowest BCUT2D eigenvalue weighted by atomic mass is 9.66. The first kappa shape index (κ1) is 33.8. The normalized spacial score (nSPS) is 27.1. The molecule has 2 aliphatic carbocycles. The molecule has 0 unspecified atom stereocenters. The summed E-state index contributed by atoms with van der Waals surface area (Å²) in [5.41, 5.74) is -2.84. The van der Waals surface area contributed by atoms with Gasteiger partial charge in [0.1, 0.15) is 11.7 Å². The Labute approximate surface area is 266 Å². The van der Waals surface area contributed by atoms with Crippen molar-refractivity contribution in [3.8, 4) is 0 Å². The Balaban J connectivity index is 1.34. The Bertz CT molecular complexity index is 1710. The number of hydrogen-bond acceptors (Lipinski definition) is 8. The van der Waals surface area contributed by atoms with Gasteiger partial charge in [0.25, 0.3) is 11.8 Å². The van der Waals surface area contributed by atoms with Crippen molar-refractivity contribution in [2.75, 3.05) is 20.3 Å². The molecule has 12 nitrogen and oxygen atoms in total. The number of aryl methyl sites for hydroxylation is 1. The van der Waals surface area contributed by atoms with Crippen molar-refractivity contribution in [2.45, 2.75) is 75.4 Å². The maximum Gasteiger partial charge on any atom is 0.410 e. The van der Waals surface area contributed by atoms with E-state index >= 15 is 0 Å². The number of nitrogens with zero attached hydrogens (tertiary/aromatic N) is 6. The zero-order chi connectivity index (χ0) is 35.0. The predicted molar refractivity (Wildman–Crippen MR) is 145 cm³/mol. The molecular weight excluding hydrogens is 664 g/mol. The highest BCUT2D eigenvalue weighted by atomic mass is 19.4. The second-order valence-electron chi connectivity index (χ2n) is 13.0. The van der Waals surface area contributed by atoms with Crippen molar-refractivity contribution >= 4 is 17.6 Å². The summed E-state index contributed by atoms with van der Waals surface area (Å²) in [5.74, 6) is -5.73. The quantitative estimate of drug-likeness (QED) is 0.294. The number of amides is 3. The summed E-state index contributed by atoms with van der Waals surface area (Å²) < 4.78 is 119. The maximum atomic E-state index is 14.3. The molecule has 2 saturated carbocycles. The monoisotopic (exact) mass is 694 g/mol. The fraction of sp³-hybridized carbons (Fsp3) is 0.643. The van der Waals surface area contributed by atoms with Crippen LogP contribution in [-0.4, -0.2) is 86.3 Å². The van der Waals surface area contributed by atoms with E-state index < -0.39 is 90.2 Å². The van der Waals surface area contributed by atoms with E-state index in [0.29, 0.717) is 0 Å². The molecule has 20 heteroatoms. The number of carbonyl (C=O) groups is 2. The lowest BCUT2D eigenvalue weighted by molar-refractivity contribution is -0.150. The largest absolute Gasteiger partial charge is 0.410 e. The topological polar surface area (TPSA) is 140 Å². The molecule has 0 spiro atoms. The summed E-state index contributed by atoms with van der Waals surface area (Å²) in [4.78, 5) is 31.7. The fourth-order valence-corrected chi connectivity index (χ4v) is 6.94. The van der Waals surface area contributed by atoms with E-state index in [0.717, 1.165) is 4.90 Å². The summed E-state index contributed by atoms with van der Waals surface area (Å²) in [7, 11) is 1.31. The van der Waals surface area contributed by atoms with E-state index in [1.807, 2.05) is 5.32 Å². The van der Waals surface area contributed by atoms with Crippen molar-refractivity contribution < 1.29 is 54.1 Å². The van der Waals surface area contributed by atoms with Gasteiger partial charge in [0, 0.05) is 37.4 Å². The fourth-order valence-electron chi connectivity index (χ4n) is 6.94. The minimum atomic E-state index is -4.68. The first-order valence-electron chi connectivity index (χ1n) is 14.8. The number of halogens is 8. The van der Waals surface area contributed by atoms with Crippen LogP contribution in [0.3, 0.4) is 0 Å². The number of imidazole rings is 1. The Kier molecular flexibility index (Phi) is 7.90. The molecule has 3 aromatic rings. The van der Waals surface area contributed by atoms with Gasteiger partial charge in [0.15, 0.2) is 11.3 Å². The van der Waals surface area contributed by atoms with Gasteiger partial charge in [-0.25, -0.2) is 27.7 Å². The number of ether oxygens (including phenoxy) is 1. The molecule has 3 aliphatic rings. The lowest BCUT2D eigenvalue weighted by Gasteiger charge is -2.45. The molecule has 4 heterocycles. The first-order valence-corrected chi connectivity index (χ1v) is 14.8. The third-order valence-corrected chi connectivity index (χ3v) is 9.97. The Morgan fingerprint density at radius 1 is 1.19 bits per heavy atom. The lowest BCUT2D eigenvalue weighted by Crippen LogP contribution is -2.55. The molecule has 1 aliphatic heterocycles. The van der Waals surface area contributed by atoms with Crippen LogP contribution >= 0.6 is 0 Å². The van der Waals surface area contributed by atoms with Crippen molar-refractivity contribution in [3.05, 3.63) is 41.1 Å². The van der Waals surface area contributed by atoms with E-state index in [-0.39, 0.29) is 42.0 Å². The van der Waals surface area contributed by atoms with Gasteiger partial charge in [-0.2, -0.15) is 31.4 Å². The Morgan fingerprint density at radius 3 is 2.48 bits per heavy atom. The molecule has 0 aromatic carbocycles. The van der Waals surface area contributed by atoms with E-state index in [9.17, 15) is 44.7 Å². The zero-order valence-corrected chi connectivity index (χ0v) is 25.6. The zero-order valence-electron chi connectivity index (χ0n) is 25.6. The van der Waals surface area contributed by atoms with E-state index in [1.165, 1.54) is 30.1 Å². The van der Waals surface area contributed by atoms with Crippen LogP contribution < -0.4 is 10.6 Å². The van der Waals surface area contributed by atoms with Crippen LogP contribution in [-0.2, 0) is 16.7 Å². The van der Waals surface area contributed by atoms with Crippen LogP contribution in [0.4, 0.5) is 39.9 Å². The SMILES string of the molecule is COC[C@H](c1cnn2cc([C@](C)(NC(=O)c3nonc3CCC(F)(F)F)[C@@]3(C)C[C@@H]4[C@H](C3)C4(F)F)nc2c1)N1C[C@@H](C(F)(F)F)NC1=O. The van der Waals surface area contributed by atoms with Crippen LogP contribution in [0.2, 0.25) is 0 Å². The molecule has 0 radical (unpaired) electrons. The Hall–Kier alpha value is -4.10. The number of fused-ring (bicyclic) bond motifs is 2. The van der Waals surface area contributed by atoms with Gasteiger partial charge >= 0.3 is 18.4 Å². The summed E-state index contributed by atoms with van der Waals surface area (Å²) >= 11 is 0. The molecule has 2 N–H and O–H groups in total. The summed E-state index contributed by atoms with van der Waals surface area (Å²) in [6.07, 6.45) is -8.51. The molecule has 1 saturated heterocycles. The van der Waals surface area contributed by atoms with Gasteiger partial charge in [-0.15, -0.1) is 0 Å². The number of carbonyl (C=O) groups excluding carboxylic acids is 2. The standard InChI is InChI=1S/C28H30F8N8O4/c1-24(7-14-15(8-24)27(14,32)33)25(2,40-22(45)21-16(41-48-42-21)4-5-26(29,30)31)18-11-44-20(38-18)6-13(9-37-44)17(12-47-3)43-10-19(28(34,35)36)39-23(43)46/h6,9,11,14-15,17,19H,4-5,7-8,10,12H2,1-3H3,(H,39,46)(H,40,45)/t14-,15+,17-,19+,24+,25+/m1/s1. The number of aromatic nitrogens is 5. The smallest absolute Gasteiger partial charge is 0.382 e. The number of methoxy groups -OCH3 is 1. The highest BCUT2D eigenvalue weighted by Gasteiger charge is 2.76. The van der Waals surface area contributed by atoms with Crippen LogP contribution in [0.15, 0.2) is 23.1 Å². The van der Waals surface area contributed by atoms with E-state index in [4.69, 9.17) is 4.74 Å². The molecule has 3 amide bonds. The van der Waals surface area contributed by atoms with Crippen molar-refractivity contribution in [2.24, 2.45) is 17.3 Å².